The highest BCUT2D eigenvalue weighted by Gasteiger charge is 2.21. The zero-order chi connectivity index (χ0) is 20.7. The maximum atomic E-state index is 12.1. The van der Waals surface area contributed by atoms with Crippen LogP contribution in [0, 0.1) is 0 Å². The molecule has 0 aliphatic heterocycles. The van der Waals surface area contributed by atoms with Gasteiger partial charge in [0.1, 0.15) is 6.33 Å². The summed E-state index contributed by atoms with van der Waals surface area (Å²) in [5.74, 6) is -2.16. The molecular formula is C15H19ClN8O4. The first-order valence-corrected chi connectivity index (χ1v) is 8.43. The standard InChI is InChI=1S/C15H19ClN8O4/c1-15(2,5-6-25)19-14(28)21-20-13(27)12(26)18-10-7-9(16)3-4-11(10)24-8-17-22-23-24/h3-4,7-8,25H,5-6H2,1-2H3,(H,18,26)(H,20,27)(H2,19,21,28). The molecule has 2 aromatic rings. The van der Waals surface area contributed by atoms with Gasteiger partial charge in [-0.2, -0.15) is 4.68 Å². The summed E-state index contributed by atoms with van der Waals surface area (Å²) in [4.78, 5) is 35.8. The molecule has 1 aromatic carbocycles. The average molecular weight is 411 g/mol. The largest absolute Gasteiger partial charge is 0.396 e. The van der Waals surface area contributed by atoms with Gasteiger partial charge in [0.2, 0.25) is 0 Å². The summed E-state index contributed by atoms with van der Waals surface area (Å²) in [7, 11) is 0. The number of hydrazine groups is 1. The first-order valence-electron chi connectivity index (χ1n) is 8.05. The van der Waals surface area contributed by atoms with Crippen molar-refractivity contribution >= 4 is 35.1 Å². The van der Waals surface area contributed by atoms with E-state index in [-0.39, 0.29) is 12.3 Å². The van der Waals surface area contributed by atoms with Gasteiger partial charge in [-0.15, -0.1) is 5.10 Å². The quantitative estimate of drug-likeness (QED) is 0.335. The fraction of sp³-hybridized carbons (Fsp3) is 0.333. The van der Waals surface area contributed by atoms with Crippen molar-refractivity contribution in [3.05, 3.63) is 29.5 Å². The number of carbonyl (C=O) groups is 3. The fourth-order valence-electron chi connectivity index (χ4n) is 2.11. The Kier molecular flexibility index (Phi) is 6.84. The van der Waals surface area contributed by atoms with Crippen molar-refractivity contribution in [1.29, 1.82) is 0 Å². The summed E-state index contributed by atoms with van der Waals surface area (Å²) >= 11 is 5.94. The molecule has 4 amide bonds. The minimum atomic E-state index is -1.11. The summed E-state index contributed by atoms with van der Waals surface area (Å²) in [5.41, 5.74) is 3.91. The lowest BCUT2D eigenvalue weighted by molar-refractivity contribution is -0.136. The Morgan fingerprint density at radius 3 is 2.61 bits per heavy atom. The van der Waals surface area contributed by atoms with Gasteiger partial charge < -0.3 is 15.7 Å². The van der Waals surface area contributed by atoms with Crippen molar-refractivity contribution in [2.24, 2.45) is 0 Å². The van der Waals surface area contributed by atoms with E-state index in [1.807, 2.05) is 5.43 Å². The minimum Gasteiger partial charge on any atom is -0.396 e. The molecule has 2 rings (SSSR count). The fourth-order valence-corrected chi connectivity index (χ4v) is 2.28. The molecule has 0 atom stereocenters. The number of carbonyl (C=O) groups excluding carboxylic acids is 3. The summed E-state index contributed by atoms with van der Waals surface area (Å²) < 4.78 is 1.28. The van der Waals surface area contributed by atoms with Crippen LogP contribution >= 0.6 is 11.6 Å². The van der Waals surface area contributed by atoms with E-state index in [1.54, 1.807) is 26.0 Å². The van der Waals surface area contributed by atoms with E-state index in [9.17, 15) is 14.4 Å². The number of urea groups is 1. The molecule has 0 aliphatic carbocycles. The van der Waals surface area contributed by atoms with Crippen molar-refractivity contribution in [1.82, 2.24) is 36.4 Å². The van der Waals surface area contributed by atoms with Gasteiger partial charge in [-0.3, -0.25) is 15.0 Å². The average Bonchev–Trinajstić information content (AvgIpc) is 3.13. The second kappa shape index (κ2) is 9.10. The van der Waals surface area contributed by atoms with Gasteiger partial charge >= 0.3 is 17.8 Å². The van der Waals surface area contributed by atoms with E-state index in [4.69, 9.17) is 16.7 Å². The number of tetrazole rings is 1. The number of aromatic nitrogens is 4. The predicted octanol–water partition coefficient (Wildman–Crippen LogP) is -0.254. The third kappa shape index (κ3) is 5.89. The normalized spacial score (nSPS) is 10.9. The molecule has 0 unspecified atom stereocenters. The van der Waals surface area contributed by atoms with Gasteiger partial charge in [0.05, 0.1) is 11.4 Å². The number of hydrogen-bond donors (Lipinski definition) is 5. The van der Waals surface area contributed by atoms with Crippen molar-refractivity contribution in [3.63, 3.8) is 0 Å². The Morgan fingerprint density at radius 1 is 1.21 bits per heavy atom. The van der Waals surface area contributed by atoms with Crippen LogP contribution < -0.4 is 21.5 Å². The number of nitrogens with zero attached hydrogens (tertiary/aromatic N) is 4. The van der Waals surface area contributed by atoms with E-state index in [0.717, 1.165) is 0 Å². The second-order valence-electron chi connectivity index (χ2n) is 6.26. The van der Waals surface area contributed by atoms with Crippen LogP contribution in [-0.2, 0) is 9.59 Å². The molecule has 12 nitrogen and oxygen atoms in total. The molecule has 0 aliphatic rings. The van der Waals surface area contributed by atoms with Crippen molar-refractivity contribution in [2.45, 2.75) is 25.8 Å². The highest BCUT2D eigenvalue weighted by molar-refractivity contribution is 6.40. The molecule has 0 saturated carbocycles. The Morgan fingerprint density at radius 2 is 1.96 bits per heavy atom. The molecule has 28 heavy (non-hydrogen) atoms. The van der Waals surface area contributed by atoms with Crippen LogP contribution in [0.2, 0.25) is 5.02 Å². The molecule has 1 aromatic heterocycles. The Hall–Kier alpha value is -3.25. The van der Waals surface area contributed by atoms with Crippen LogP contribution in [0.5, 0.6) is 0 Å². The van der Waals surface area contributed by atoms with Gasteiger partial charge in [-0.1, -0.05) is 11.6 Å². The van der Waals surface area contributed by atoms with E-state index in [0.29, 0.717) is 17.1 Å². The third-order valence-electron chi connectivity index (χ3n) is 3.49. The lowest BCUT2D eigenvalue weighted by atomic mass is 10.0. The number of aliphatic hydroxyl groups is 1. The Balaban J connectivity index is 1.97. The summed E-state index contributed by atoms with van der Waals surface area (Å²) in [5, 5.41) is 24.9. The highest BCUT2D eigenvalue weighted by Crippen LogP contribution is 2.23. The van der Waals surface area contributed by atoms with E-state index in [2.05, 4.69) is 31.6 Å². The number of anilines is 1. The van der Waals surface area contributed by atoms with Crippen LogP contribution in [0.4, 0.5) is 10.5 Å². The number of benzene rings is 1. The molecule has 13 heteroatoms. The lowest BCUT2D eigenvalue weighted by Gasteiger charge is -2.25. The Bertz CT molecular complexity index is 856. The van der Waals surface area contributed by atoms with Crippen LogP contribution in [0.15, 0.2) is 24.5 Å². The predicted molar refractivity (Wildman–Crippen MR) is 98.4 cm³/mol. The molecule has 0 fully saturated rings. The van der Waals surface area contributed by atoms with E-state index < -0.39 is 23.4 Å². The van der Waals surface area contributed by atoms with E-state index >= 15 is 0 Å². The summed E-state index contributed by atoms with van der Waals surface area (Å²) in [6.45, 7) is 3.26. The van der Waals surface area contributed by atoms with Gasteiger partial charge in [0.25, 0.3) is 0 Å². The monoisotopic (exact) mass is 410 g/mol. The minimum absolute atomic E-state index is 0.120. The van der Waals surface area contributed by atoms with Gasteiger partial charge in [-0.25, -0.2) is 10.2 Å². The maximum Gasteiger partial charge on any atom is 0.333 e. The molecule has 0 spiro atoms. The number of hydrogen-bond acceptors (Lipinski definition) is 7. The number of rotatable bonds is 5. The van der Waals surface area contributed by atoms with Crippen LogP contribution in [0.1, 0.15) is 20.3 Å². The molecule has 5 N–H and O–H groups in total. The molecular weight excluding hydrogens is 392 g/mol. The third-order valence-corrected chi connectivity index (χ3v) is 3.72. The second-order valence-corrected chi connectivity index (χ2v) is 6.70. The number of aliphatic hydroxyl groups excluding tert-OH is 1. The number of halogens is 1. The summed E-state index contributed by atoms with van der Waals surface area (Å²) in [6, 6.07) is 3.80. The lowest BCUT2D eigenvalue weighted by Crippen LogP contribution is -2.55. The van der Waals surface area contributed by atoms with Crippen molar-refractivity contribution in [3.8, 4) is 5.69 Å². The molecule has 150 valence electrons. The summed E-state index contributed by atoms with van der Waals surface area (Å²) in [6.07, 6.45) is 1.61. The van der Waals surface area contributed by atoms with Crippen LogP contribution in [0.3, 0.4) is 0 Å². The van der Waals surface area contributed by atoms with Gasteiger partial charge in [0, 0.05) is 17.2 Å². The first kappa shape index (κ1) is 21.1. The van der Waals surface area contributed by atoms with Crippen LogP contribution in [0.25, 0.3) is 5.69 Å². The molecule has 1 heterocycles. The molecule has 0 saturated heterocycles. The first-order chi connectivity index (χ1) is 13.2. The molecule has 0 bridgehead atoms. The highest BCUT2D eigenvalue weighted by atomic mass is 35.5. The van der Waals surface area contributed by atoms with Gasteiger partial charge in [0.15, 0.2) is 0 Å². The Labute approximate surface area is 164 Å². The van der Waals surface area contributed by atoms with Gasteiger partial charge in [-0.05, 0) is 48.9 Å². The maximum absolute atomic E-state index is 12.1. The zero-order valence-corrected chi connectivity index (χ0v) is 15.8. The van der Waals surface area contributed by atoms with E-state index in [1.165, 1.54) is 17.1 Å². The van der Waals surface area contributed by atoms with Crippen LogP contribution in [-0.4, -0.2) is 55.3 Å². The smallest absolute Gasteiger partial charge is 0.333 e. The van der Waals surface area contributed by atoms with Crippen molar-refractivity contribution in [2.75, 3.05) is 11.9 Å². The topological polar surface area (TPSA) is 163 Å². The SMILES string of the molecule is CC(C)(CCO)NC(=O)NNC(=O)C(=O)Nc1cc(Cl)ccc1-n1cnnn1. The number of amides is 4. The molecule has 0 radical (unpaired) electrons. The number of nitrogens with one attached hydrogen (secondary N) is 4. The van der Waals surface area contributed by atoms with Crippen molar-refractivity contribution < 1.29 is 19.5 Å². The zero-order valence-electron chi connectivity index (χ0n) is 15.1.